The third kappa shape index (κ3) is 3.54. The van der Waals surface area contributed by atoms with E-state index in [0.29, 0.717) is 11.8 Å². The Kier molecular flexibility index (Phi) is 3.73. The Hall–Kier alpha value is -1.04. The smallest absolute Gasteiger partial charge is 0.405 e. The van der Waals surface area contributed by atoms with E-state index in [4.69, 9.17) is 0 Å². The average Bonchev–Trinajstić information content (AvgIpc) is 2.15. The van der Waals surface area contributed by atoms with Crippen LogP contribution in [0.15, 0.2) is 18.2 Å². The zero-order valence-electron chi connectivity index (χ0n) is 7.34. The minimum absolute atomic E-state index is 0.138. The van der Waals surface area contributed by atoms with Gasteiger partial charge in [0.15, 0.2) is 0 Å². The molecule has 0 spiro atoms. The van der Waals surface area contributed by atoms with Crippen LogP contribution in [0.25, 0.3) is 0 Å². The van der Waals surface area contributed by atoms with Crippen molar-refractivity contribution in [3.8, 4) is 5.75 Å². The van der Waals surface area contributed by atoms with Crippen LogP contribution in [0, 0.1) is 0 Å². The van der Waals surface area contributed by atoms with Crippen molar-refractivity contribution in [2.75, 3.05) is 0 Å². The van der Waals surface area contributed by atoms with Gasteiger partial charge in [0.05, 0.1) is 0 Å². The van der Waals surface area contributed by atoms with Crippen LogP contribution in [0.4, 0.5) is 13.2 Å². The second-order valence-electron chi connectivity index (χ2n) is 2.67. The number of hydrogen-bond acceptors (Lipinski definition) is 2. The van der Waals surface area contributed by atoms with Crippen molar-refractivity contribution in [1.29, 1.82) is 0 Å². The lowest BCUT2D eigenvalue weighted by Crippen LogP contribution is -2.18. The van der Waals surface area contributed by atoms with Crippen molar-refractivity contribution in [2.24, 2.45) is 0 Å². The molecule has 0 unspecified atom stereocenters. The molecule has 0 bridgehead atoms. The molecule has 0 saturated carbocycles. The summed E-state index contributed by atoms with van der Waals surface area (Å²) >= 11 is 3.03. The summed E-state index contributed by atoms with van der Waals surface area (Å²) in [5, 5.41) is 0.220. The number of hydrogen-bond donors (Lipinski definition) is 0. The second-order valence-corrected chi connectivity index (χ2v) is 3.23. The van der Waals surface area contributed by atoms with E-state index < -0.39 is 6.36 Å². The number of ether oxygens (including phenoxy) is 1. The highest BCUT2D eigenvalue weighted by atomic mass is 79.9. The number of rotatable bonds is 3. The predicted molar refractivity (Wildman–Crippen MR) is 51.1 cm³/mol. The summed E-state index contributed by atoms with van der Waals surface area (Å²) in [7, 11) is 0. The molecule has 0 aliphatic rings. The maximum atomic E-state index is 12.0. The normalized spacial score (nSPS) is 11.2. The van der Waals surface area contributed by atoms with E-state index in [-0.39, 0.29) is 16.6 Å². The summed E-state index contributed by atoms with van der Waals surface area (Å²) in [5.41, 5.74) is 0.469. The molecule has 82 valence electrons. The molecule has 0 fully saturated rings. The zero-order chi connectivity index (χ0) is 11.5. The van der Waals surface area contributed by atoms with Crippen molar-refractivity contribution in [3.63, 3.8) is 0 Å². The maximum absolute atomic E-state index is 12.0. The molecule has 15 heavy (non-hydrogen) atoms. The van der Waals surface area contributed by atoms with Gasteiger partial charge in [0, 0.05) is 16.5 Å². The van der Waals surface area contributed by atoms with Crippen molar-refractivity contribution in [2.45, 2.75) is 11.7 Å². The van der Waals surface area contributed by atoms with E-state index in [2.05, 4.69) is 20.7 Å². The first kappa shape index (κ1) is 12.0. The molecule has 0 aliphatic carbocycles. The van der Waals surface area contributed by atoms with Gasteiger partial charge in [-0.15, -0.1) is 13.2 Å². The third-order valence-corrected chi connectivity index (χ3v) is 2.20. The van der Waals surface area contributed by atoms with Crippen molar-refractivity contribution >= 4 is 22.2 Å². The van der Waals surface area contributed by atoms with Crippen molar-refractivity contribution in [3.05, 3.63) is 29.3 Å². The molecule has 0 N–H and O–H groups in total. The number of benzene rings is 1. The molecule has 0 aliphatic heterocycles. The number of alkyl halides is 4. The van der Waals surface area contributed by atoms with Crippen molar-refractivity contribution in [1.82, 2.24) is 0 Å². The van der Waals surface area contributed by atoms with E-state index in [1.165, 1.54) is 12.1 Å². The van der Waals surface area contributed by atoms with Gasteiger partial charge in [0.2, 0.25) is 0 Å². The Morgan fingerprint density at radius 1 is 1.40 bits per heavy atom. The third-order valence-electron chi connectivity index (χ3n) is 1.60. The molecule has 0 atom stereocenters. The standard InChI is InChI=1S/C9H6BrF3O2/c10-4-7-2-1-6(5-14)3-8(7)15-9(11,12)13/h1-3,5H,4H2. The lowest BCUT2D eigenvalue weighted by molar-refractivity contribution is -0.274. The summed E-state index contributed by atoms with van der Waals surface area (Å²) < 4.78 is 39.7. The van der Waals surface area contributed by atoms with Crippen LogP contribution in [-0.4, -0.2) is 12.6 Å². The molecule has 1 aromatic carbocycles. The minimum atomic E-state index is -4.75. The Bertz CT molecular complexity index is 363. The van der Waals surface area contributed by atoms with Gasteiger partial charge in [-0.1, -0.05) is 28.1 Å². The summed E-state index contributed by atoms with van der Waals surface area (Å²) in [6.45, 7) is 0. The average molecular weight is 283 g/mol. The summed E-state index contributed by atoms with van der Waals surface area (Å²) in [5.74, 6) is -0.357. The van der Waals surface area contributed by atoms with Gasteiger partial charge in [0.25, 0.3) is 0 Å². The molecule has 6 heteroatoms. The molecule has 1 aromatic rings. The van der Waals surface area contributed by atoms with Crippen molar-refractivity contribution < 1.29 is 22.7 Å². The van der Waals surface area contributed by atoms with Crippen LogP contribution in [0.3, 0.4) is 0 Å². The highest BCUT2D eigenvalue weighted by Gasteiger charge is 2.32. The topological polar surface area (TPSA) is 26.3 Å². The van der Waals surface area contributed by atoms with Gasteiger partial charge in [-0.25, -0.2) is 0 Å². The van der Waals surface area contributed by atoms with Crippen LogP contribution in [-0.2, 0) is 5.33 Å². The molecule has 0 aromatic heterocycles. The monoisotopic (exact) mass is 282 g/mol. The van der Waals surface area contributed by atoms with E-state index >= 15 is 0 Å². The van der Waals surface area contributed by atoms with Crippen LogP contribution in [0.1, 0.15) is 15.9 Å². The minimum Gasteiger partial charge on any atom is -0.405 e. The Morgan fingerprint density at radius 3 is 2.53 bits per heavy atom. The lowest BCUT2D eigenvalue weighted by atomic mass is 10.1. The fraction of sp³-hybridized carbons (Fsp3) is 0.222. The SMILES string of the molecule is O=Cc1ccc(CBr)c(OC(F)(F)F)c1. The predicted octanol–water partition coefficient (Wildman–Crippen LogP) is 3.29. The highest BCUT2D eigenvalue weighted by Crippen LogP contribution is 2.28. The van der Waals surface area contributed by atoms with E-state index in [0.717, 1.165) is 6.07 Å². The first-order chi connectivity index (χ1) is 6.96. The Labute approximate surface area is 92.2 Å². The molecule has 0 radical (unpaired) electrons. The molecule has 1 rings (SSSR count). The molecule has 0 amide bonds. The lowest BCUT2D eigenvalue weighted by Gasteiger charge is -2.12. The Balaban J connectivity index is 3.06. The largest absolute Gasteiger partial charge is 0.573 e. The van der Waals surface area contributed by atoms with E-state index in [1.54, 1.807) is 0 Å². The van der Waals surface area contributed by atoms with Gasteiger partial charge < -0.3 is 4.74 Å². The Morgan fingerprint density at radius 2 is 2.07 bits per heavy atom. The maximum Gasteiger partial charge on any atom is 0.573 e. The number of halogens is 4. The van der Waals surface area contributed by atoms with Gasteiger partial charge >= 0.3 is 6.36 Å². The molecule has 2 nitrogen and oxygen atoms in total. The van der Waals surface area contributed by atoms with Crippen LogP contribution < -0.4 is 4.74 Å². The van der Waals surface area contributed by atoms with Gasteiger partial charge in [-0.2, -0.15) is 0 Å². The molecular formula is C9H6BrF3O2. The zero-order valence-corrected chi connectivity index (χ0v) is 8.93. The summed E-state index contributed by atoms with van der Waals surface area (Å²) in [6, 6.07) is 3.88. The summed E-state index contributed by atoms with van der Waals surface area (Å²) in [6.07, 6.45) is -4.29. The quantitative estimate of drug-likeness (QED) is 0.628. The second kappa shape index (κ2) is 4.65. The summed E-state index contributed by atoms with van der Waals surface area (Å²) in [4.78, 5) is 10.4. The fourth-order valence-electron chi connectivity index (χ4n) is 0.975. The van der Waals surface area contributed by atoms with Gasteiger partial charge in [-0.3, -0.25) is 4.79 Å². The fourth-order valence-corrected chi connectivity index (χ4v) is 1.44. The van der Waals surface area contributed by atoms with E-state index in [1.807, 2.05) is 0 Å². The number of carbonyl (C=O) groups is 1. The molecular weight excluding hydrogens is 277 g/mol. The number of aldehydes is 1. The molecule has 0 heterocycles. The van der Waals surface area contributed by atoms with E-state index in [9.17, 15) is 18.0 Å². The molecule has 0 saturated heterocycles. The van der Waals surface area contributed by atoms with Crippen LogP contribution in [0.2, 0.25) is 0 Å². The number of carbonyl (C=O) groups excluding carboxylic acids is 1. The van der Waals surface area contributed by atoms with Gasteiger partial charge in [-0.05, 0) is 6.07 Å². The highest BCUT2D eigenvalue weighted by molar-refractivity contribution is 9.08. The van der Waals surface area contributed by atoms with Crippen LogP contribution in [0.5, 0.6) is 5.75 Å². The first-order valence-corrected chi connectivity index (χ1v) is 4.98. The van der Waals surface area contributed by atoms with Crippen LogP contribution >= 0.6 is 15.9 Å². The van der Waals surface area contributed by atoms with Gasteiger partial charge in [0.1, 0.15) is 12.0 Å². The first-order valence-electron chi connectivity index (χ1n) is 3.86.